The Morgan fingerprint density at radius 2 is 1.79 bits per heavy atom. The Labute approximate surface area is 112 Å². The summed E-state index contributed by atoms with van der Waals surface area (Å²) >= 11 is 0. The van der Waals surface area contributed by atoms with Gasteiger partial charge in [-0.1, -0.05) is 13.8 Å². The van der Waals surface area contributed by atoms with E-state index in [2.05, 4.69) is 10.6 Å². The van der Waals surface area contributed by atoms with E-state index in [4.69, 9.17) is 10.8 Å². The summed E-state index contributed by atoms with van der Waals surface area (Å²) in [6, 6.07) is -1.67. The number of aliphatic carboxylic acids is 1. The third-order valence-electron chi connectivity index (χ3n) is 3.26. The second-order valence-electron chi connectivity index (χ2n) is 4.76. The Kier molecular flexibility index (Phi) is 6.89. The third kappa shape index (κ3) is 6.64. The number of primary amides is 1. The number of amides is 3. The molecule has 110 valence electrons. The number of carboxylic acid groups (broad SMARTS) is 1. The van der Waals surface area contributed by atoms with Gasteiger partial charge in [0.25, 0.3) is 0 Å². The number of rotatable bonds is 8. The predicted octanol–water partition coefficient (Wildman–Crippen LogP) is 0.583. The Morgan fingerprint density at radius 1 is 1.26 bits per heavy atom. The largest absolute Gasteiger partial charge is 0.480 e. The summed E-state index contributed by atoms with van der Waals surface area (Å²) < 4.78 is 0. The molecule has 0 saturated carbocycles. The number of nitrogens with two attached hydrogens (primary N) is 1. The minimum Gasteiger partial charge on any atom is -0.480 e. The van der Waals surface area contributed by atoms with Crippen LogP contribution in [-0.2, 0) is 9.59 Å². The van der Waals surface area contributed by atoms with Crippen LogP contribution in [0.25, 0.3) is 0 Å². The molecule has 19 heavy (non-hydrogen) atoms. The van der Waals surface area contributed by atoms with Crippen molar-refractivity contribution in [3.8, 4) is 0 Å². The molecule has 7 nitrogen and oxygen atoms in total. The lowest BCUT2D eigenvalue weighted by molar-refractivity contribution is -0.139. The van der Waals surface area contributed by atoms with Crippen molar-refractivity contribution in [1.29, 1.82) is 0 Å². The van der Waals surface area contributed by atoms with E-state index in [9.17, 15) is 14.4 Å². The molecule has 0 aromatic heterocycles. The predicted molar refractivity (Wildman–Crippen MR) is 70.5 cm³/mol. The fourth-order valence-corrected chi connectivity index (χ4v) is 1.44. The maximum atomic E-state index is 11.7. The van der Waals surface area contributed by atoms with Gasteiger partial charge in [-0.25, -0.2) is 9.59 Å². The van der Waals surface area contributed by atoms with Crippen LogP contribution in [0, 0.1) is 0 Å². The molecule has 0 unspecified atom stereocenters. The summed E-state index contributed by atoms with van der Waals surface area (Å²) in [5, 5.41) is 14.0. The van der Waals surface area contributed by atoms with Crippen LogP contribution in [-0.4, -0.2) is 34.6 Å². The first-order chi connectivity index (χ1) is 8.74. The van der Waals surface area contributed by atoms with Gasteiger partial charge in [-0.3, -0.25) is 4.79 Å². The minimum absolute atomic E-state index is 0.0208. The van der Waals surface area contributed by atoms with Crippen LogP contribution >= 0.6 is 0 Å². The molecule has 0 spiro atoms. The Balaban J connectivity index is 4.47. The molecule has 0 bridgehead atoms. The van der Waals surface area contributed by atoms with Crippen molar-refractivity contribution in [2.45, 2.75) is 58.0 Å². The van der Waals surface area contributed by atoms with Gasteiger partial charge in [-0.15, -0.1) is 0 Å². The Morgan fingerprint density at radius 3 is 2.16 bits per heavy atom. The summed E-state index contributed by atoms with van der Waals surface area (Å²) in [5.41, 5.74) is 4.58. The van der Waals surface area contributed by atoms with Crippen LogP contribution in [0.3, 0.4) is 0 Å². The van der Waals surface area contributed by atoms with E-state index in [1.54, 1.807) is 0 Å². The Hall–Kier alpha value is -1.79. The maximum Gasteiger partial charge on any atom is 0.326 e. The maximum absolute atomic E-state index is 11.7. The molecule has 0 saturated heterocycles. The summed E-state index contributed by atoms with van der Waals surface area (Å²) in [6.07, 6.45) is 1.36. The van der Waals surface area contributed by atoms with Crippen molar-refractivity contribution in [3.63, 3.8) is 0 Å². The second kappa shape index (κ2) is 7.60. The quantitative estimate of drug-likeness (QED) is 0.516. The molecular weight excluding hydrogens is 250 g/mol. The summed E-state index contributed by atoms with van der Waals surface area (Å²) in [7, 11) is 0. The lowest BCUT2D eigenvalue weighted by Crippen LogP contribution is -2.53. The summed E-state index contributed by atoms with van der Waals surface area (Å²) in [5.74, 6) is -1.79. The first-order valence-electron chi connectivity index (χ1n) is 6.34. The molecule has 3 amide bonds. The zero-order valence-electron chi connectivity index (χ0n) is 11.7. The molecule has 1 atom stereocenters. The van der Waals surface area contributed by atoms with E-state index in [0.717, 1.165) is 12.8 Å². The van der Waals surface area contributed by atoms with Crippen LogP contribution < -0.4 is 16.4 Å². The summed E-state index contributed by atoms with van der Waals surface area (Å²) in [6.45, 7) is 5.75. The van der Waals surface area contributed by atoms with Gasteiger partial charge in [0.1, 0.15) is 6.04 Å². The average Bonchev–Trinajstić information content (AvgIpc) is 2.33. The fraction of sp³-hybridized carbons (Fsp3) is 0.750. The number of carbonyl (C=O) groups is 3. The van der Waals surface area contributed by atoms with Gasteiger partial charge in [0.05, 0.1) is 0 Å². The number of hydrogen-bond acceptors (Lipinski definition) is 3. The molecule has 7 heteroatoms. The molecule has 0 aromatic rings. The molecule has 0 radical (unpaired) electrons. The van der Waals surface area contributed by atoms with E-state index in [1.165, 1.54) is 0 Å². The average molecular weight is 273 g/mol. The molecule has 0 aliphatic heterocycles. The van der Waals surface area contributed by atoms with Crippen LogP contribution in [0.5, 0.6) is 0 Å². The highest BCUT2D eigenvalue weighted by atomic mass is 16.4. The molecule has 0 rings (SSSR count). The lowest BCUT2D eigenvalue weighted by Gasteiger charge is -2.29. The van der Waals surface area contributed by atoms with Gasteiger partial charge >= 0.3 is 12.0 Å². The zero-order valence-corrected chi connectivity index (χ0v) is 11.7. The highest BCUT2D eigenvalue weighted by Gasteiger charge is 2.25. The minimum atomic E-state index is -1.19. The third-order valence-corrected chi connectivity index (χ3v) is 3.26. The van der Waals surface area contributed by atoms with Gasteiger partial charge in [0, 0.05) is 12.0 Å². The molecule has 0 heterocycles. The standard InChI is InChI=1S/C12H23N3O4/c1-4-12(3,5-2)15-11(19)14-8(10(17)18)6-7-9(13)16/h8H,4-7H2,1-3H3,(H2,13,16)(H,17,18)(H2,14,15,19)/t8-/m0/s1. The van der Waals surface area contributed by atoms with Gasteiger partial charge in [-0.05, 0) is 26.2 Å². The molecule has 0 aromatic carbocycles. The van der Waals surface area contributed by atoms with Gasteiger partial charge in [-0.2, -0.15) is 0 Å². The van der Waals surface area contributed by atoms with Crippen molar-refractivity contribution in [1.82, 2.24) is 10.6 Å². The van der Waals surface area contributed by atoms with Gasteiger partial charge in [0.15, 0.2) is 0 Å². The molecule has 0 aliphatic rings. The van der Waals surface area contributed by atoms with Crippen molar-refractivity contribution < 1.29 is 19.5 Å². The SMILES string of the molecule is CCC(C)(CC)NC(=O)N[C@@H](CCC(N)=O)C(=O)O. The highest BCUT2D eigenvalue weighted by Crippen LogP contribution is 2.13. The fourth-order valence-electron chi connectivity index (χ4n) is 1.44. The second-order valence-corrected chi connectivity index (χ2v) is 4.76. The van der Waals surface area contributed by atoms with Crippen LogP contribution in [0.1, 0.15) is 46.5 Å². The van der Waals surface area contributed by atoms with Gasteiger partial charge in [0.2, 0.25) is 5.91 Å². The monoisotopic (exact) mass is 273 g/mol. The lowest BCUT2D eigenvalue weighted by atomic mass is 9.96. The normalized spacial score (nSPS) is 12.6. The van der Waals surface area contributed by atoms with Crippen molar-refractivity contribution in [2.24, 2.45) is 5.73 Å². The van der Waals surface area contributed by atoms with Crippen LogP contribution in [0.4, 0.5) is 4.79 Å². The van der Waals surface area contributed by atoms with Crippen molar-refractivity contribution in [3.05, 3.63) is 0 Å². The zero-order chi connectivity index (χ0) is 15.1. The number of carboxylic acids is 1. The number of carbonyl (C=O) groups excluding carboxylic acids is 2. The topological polar surface area (TPSA) is 122 Å². The van der Waals surface area contributed by atoms with E-state index >= 15 is 0 Å². The van der Waals surface area contributed by atoms with E-state index < -0.39 is 23.9 Å². The number of urea groups is 1. The van der Waals surface area contributed by atoms with Crippen molar-refractivity contribution in [2.75, 3.05) is 0 Å². The van der Waals surface area contributed by atoms with E-state index in [0.29, 0.717) is 0 Å². The molecule has 0 fully saturated rings. The van der Waals surface area contributed by atoms with E-state index in [-0.39, 0.29) is 18.4 Å². The van der Waals surface area contributed by atoms with Crippen molar-refractivity contribution >= 4 is 17.9 Å². The number of hydrogen-bond donors (Lipinski definition) is 4. The first-order valence-corrected chi connectivity index (χ1v) is 6.34. The van der Waals surface area contributed by atoms with Gasteiger partial charge < -0.3 is 21.5 Å². The Bertz CT molecular complexity index is 340. The number of nitrogens with one attached hydrogen (secondary N) is 2. The molecule has 0 aliphatic carbocycles. The summed E-state index contributed by atoms with van der Waals surface area (Å²) in [4.78, 5) is 33.3. The smallest absolute Gasteiger partial charge is 0.326 e. The van der Waals surface area contributed by atoms with Crippen LogP contribution in [0.2, 0.25) is 0 Å². The van der Waals surface area contributed by atoms with E-state index in [1.807, 2.05) is 20.8 Å². The highest BCUT2D eigenvalue weighted by molar-refractivity contribution is 5.83. The first kappa shape index (κ1) is 17.2. The van der Waals surface area contributed by atoms with Crippen LogP contribution in [0.15, 0.2) is 0 Å². The molecular formula is C12H23N3O4. The molecule has 5 N–H and O–H groups in total.